The minimum atomic E-state index is -1.10. The first kappa shape index (κ1) is 4.97. The summed E-state index contributed by atoms with van der Waals surface area (Å²) < 4.78 is 23.7. The third-order valence-electron chi connectivity index (χ3n) is 1.02. The highest BCUT2D eigenvalue weighted by atomic mass is 19.1. The Morgan fingerprint density at radius 3 is 2.29 bits per heavy atom. The second-order valence-electron chi connectivity index (χ2n) is 1.71. The highest BCUT2D eigenvalue weighted by Gasteiger charge is 2.21. The van der Waals surface area contributed by atoms with Gasteiger partial charge >= 0.3 is 0 Å². The second-order valence-corrected chi connectivity index (χ2v) is 1.71. The van der Waals surface area contributed by atoms with Gasteiger partial charge in [-0.3, -0.25) is 5.32 Å². The van der Waals surface area contributed by atoms with Gasteiger partial charge in [0.05, 0.1) is 0 Å². The van der Waals surface area contributed by atoms with E-state index in [0.717, 1.165) is 0 Å². The summed E-state index contributed by atoms with van der Waals surface area (Å²) in [5.74, 6) is 0. The van der Waals surface area contributed by atoms with Crippen molar-refractivity contribution in [1.29, 1.82) is 0 Å². The monoisotopic (exact) mass is 107 g/mol. The maximum absolute atomic E-state index is 11.9. The van der Waals surface area contributed by atoms with Crippen molar-refractivity contribution in [3.05, 3.63) is 0 Å². The highest BCUT2D eigenvalue weighted by molar-refractivity contribution is 4.73. The molecule has 0 aromatic heterocycles. The molecule has 1 fully saturated rings. The van der Waals surface area contributed by atoms with Crippen molar-refractivity contribution in [2.45, 2.75) is 18.9 Å². The molecule has 2 unspecified atom stereocenters. The lowest BCUT2D eigenvalue weighted by Crippen LogP contribution is -2.15. The van der Waals surface area contributed by atoms with Crippen molar-refractivity contribution >= 4 is 0 Å². The van der Waals surface area contributed by atoms with Gasteiger partial charge in [-0.1, -0.05) is 0 Å². The molecule has 3 heteroatoms. The van der Waals surface area contributed by atoms with Crippen LogP contribution in [0.4, 0.5) is 8.78 Å². The van der Waals surface area contributed by atoms with Gasteiger partial charge in [-0.15, -0.1) is 0 Å². The van der Waals surface area contributed by atoms with Gasteiger partial charge in [-0.05, 0) is 0 Å². The number of nitrogens with one attached hydrogen (secondary N) is 1. The summed E-state index contributed by atoms with van der Waals surface area (Å²) in [7, 11) is 0. The topological polar surface area (TPSA) is 12.0 Å². The minimum absolute atomic E-state index is 0.0278. The lowest BCUT2D eigenvalue weighted by molar-refractivity contribution is 0.283. The maximum Gasteiger partial charge on any atom is 0.154 e. The average molecular weight is 107 g/mol. The number of halogens is 2. The van der Waals surface area contributed by atoms with Crippen LogP contribution in [0.15, 0.2) is 0 Å². The molecule has 1 N–H and O–H groups in total. The highest BCUT2D eigenvalue weighted by Crippen LogP contribution is 2.09. The van der Waals surface area contributed by atoms with E-state index in [1.807, 2.05) is 0 Å². The van der Waals surface area contributed by atoms with Crippen molar-refractivity contribution in [2.75, 3.05) is 6.54 Å². The van der Waals surface area contributed by atoms with Crippen molar-refractivity contribution in [2.24, 2.45) is 0 Å². The van der Waals surface area contributed by atoms with Gasteiger partial charge in [0.15, 0.2) is 6.30 Å². The van der Waals surface area contributed by atoms with Gasteiger partial charge in [0.1, 0.15) is 6.17 Å². The fourth-order valence-electron chi connectivity index (χ4n) is 0.647. The third-order valence-corrected chi connectivity index (χ3v) is 1.02. The van der Waals surface area contributed by atoms with Gasteiger partial charge in [-0.25, -0.2) is 8.78 Å². The molecule has 1 aliphatic rings. The van der Waals surface area contributed by atoms with Crippen LogP contribution in [-0.4, -0.2) is 19.0 Å². The van der Waals surface area contributed by atoms with Gasteiger partial charge in [0, 0.05) is 13.0 Å². The largest absolute Gasteiger partial charge is 0.285 e. The molecule has 1 nitrogen and oxygen atoms in total. The summed E-state index contributed by atoms with van der Waals surface area (Å²) in [4.78, 5) is 0. The molecule has 0 aromatic rings. The van der Waals surface area contributed by atoms with E-state index in [1.165, 1.54) is 0 Å². The smallest absolute Gasteiger partial charge is 0.154 e. The van der Waals surface area contributed by atoms with Crippen LogP contribution < -0.4 is 5.32 Å². The lowest BCUT2D eigenvalue weighted by Gasteiger charge is -1.90. The van der Waals surface area contributed by atoms with Crippen LogP contribution >= 0.6 is 0 Å². The number of hydrogen-bond donors (Lipinski definition) is 1. The van der Waals surface area contributed by atoms with E-state index in [0.29, 0.717) is 0 Å². The van der Waals surface area contributed by atoms with Crippen molar-refractivity contribution in [1.82, 2.24) is 5.32 Å². The average Bonchev–Trinajstić information content (AvgIpc) is 1.87. The van der Waals surface area contributed by atoms with Crippen LogP contribution in [0, 0.1) is 0 Å². The van der Waals surface area contributed by atoms with E-state index < -0.39 is 12.5 Å². The Morgan fingerprint density at radius 1 is 1.43 bits per heavy atom. The van der Waals surface area contributed by atoms with Crippen LogP contribution in [0.3, 0.4) is 0 Å². The molecule has 0 radical (unpaired) electrons. The van der Waals surface area contributed by atoms with Crippen LogP contribution in [0.1, 0.15) is 6.42 Å². The van der Waals surface area contributed by atoms with Gasteiger partial charge in [0.25, 0.3) is 0 Å². The summed E-state index contributed by atoms with van der Waals surface area (Å²) >= 11 is 0. The van der Waals surface area contributed by atoms with Crippen LogP contribution in [0.2, 0.25) is 0 Å². The summed E-state index contributed by atoms with van der Waals surface area (Å²) in [6.45, 7) is 0.182. The van der Waals surface area contributed by atoms with E-state index in [2.05, 4.69) is 5.32 Å². The maximum atomic E-state index is 11.9. The Kier molecular flexibility index (Phi) is 1.23. The fraction of sp³-hybridized carbons (Fsp3) is 1.00. The summed E-state index contributed by atoms with van der Waals surface area (Å²) in [6.07, 6.45) is -2.04. The molecular formula is C4H7F2N. The number of hydrogen-bond acceptors (Lipinski definition) is 1. The summed E-state index contributed by atoms with van der Waals surface area (Å²) in [5, 5.41) is 2.33. The molecule has 0 aliphatic carbocycles. The van der Waals surface area contributed by atoms with Crippen LogP contribution in [0.25, 0.3) is 0 Å². The SMILES string of the molecule is FC1CNC(F)C1. The molecule has 1 rings (SSSR count). The molecule has 7 heavy (non-hydrogen) atoms. The normalized spacial score (nSPS) is 42.0. The molecule has 1 saturated heterocycles. The summed E-state index contributed by atoms with van der Waals surface area (Å²) in [5.41, 5.74) is 0. The lowest BCUT2D eigenvalue weighted by atomic mass is 10.3. The predicted octanol–water partition coefficient (Wildman–Crippen LogP) is 0.613. The third kappa shape index (κ3) is 1.09. The summed E-state index contributed by atoms with van der Waals surface area (Å²) in [6, 6.07) is 0. The van der Waals surface area contributed by atoms with E-state index in [4.69, 9.17) is 0 Å². The molecule has 2 atom stereocenters. The van der Waals surface area contributed by atoms with Crippen LogP contribution in [-0.2, 0) is 0 Å². The zero-order valence-corrected chi connectivity index (χ0v) is 3.82. The van der Waals surface area contributed by atoms with E-state index in [1.54, 1.807) is 0 Å². The predicted molar refractivity (Wildman–Crippen MR) is 22.4 cm³/mol. The Hall–Kier alpha value is -0.180. The Morgan fingerprint density at radius 2 is 2.14 bits per heavy atom. The molecule has 0 saturated carbocycles. The zero-order valence-electron chi connectivity index (χ0n) is 3.82. The standard InChI is InChI=1S/C4H7F2N/c5-3-1-4(6)7-2-3/h3-4,7H,1-2H2. The van der Waals surface area contributed by atoms with Gasteiger partial charge < -0.3 is 0 Å². The Labute approximate surface area is 40.7 Å². The van der Waals surface area contributed by atoms with Crippen molar-refractivity contribution in [3.8, 4) is 0 Å². The molecular weight excluding hydrogens is 100 g/mol. The first-order valence-electron chi connectivity index (χ1n) is 2.30. The minimum Gasteiger partial charge on any atom is -0.285 e. The second kappa shape index (κ2) is 1.74. The molecule has 0 bridgehead atoms. The first-order valence-corrected chi connectivity index (χ1v) is 2.30. The van der Waals surface area contributed by atoms with Gasteiger partial charge in [-0.2, -0.15) is 0 Å². The van der Waals surface area contributed by atoms with Crippen molar-refractivity contribution < 1.29 is 8.78 Å². The molecule has 0 spiro atoms. The molecule has 1 heterocycles. The van der Waals surface area contributed by atoms with Gasteiger partial charge in [0.2, 0.25) is 0 Å². The van der Waals surface area contributed by atoms with E-state index in [-0.39, 0.29) is 13.0 Å². The molecule has 0 amide bonds. The number of rotatable bonds is 0. The van der Waals surface area contributed by atoms with E-state index >= 15 is 0 Å². The molecule has 42 valence electrons. The number of alkyl halides is 2. The zero-order chi connectivity index (χ0) is 5.28. The van der Waals surface area contributed by atoms with Crippen LogP contribution in [0.5, 0.6) is 0 Å². The van der Waals surface area contributed by atoms with Crippen molar-refractivity contribution in [3.63, 3.8) is 0 Å². The molecule has 0 aromatic carbocycles. The Bertz CT molecular complexity index is 58.7. The quantitative estimate of drug-likeness (QED) is 0.447. The van der Waals surface area contributed by atoms with E-state index in [9.17, 15) is 8.78 Å². The fourth-order valence-corrected chi connectivity index (χ4v) is 0.647. The Balaban J connectivity index is 2.26. The molecule has 1 aliphatic heterocycles. The first-order chi connectivity index (χ1) is 3.29.